The summed E-state index contributed by atoms with van der Waals surface area (Å²) in [6, 6.07) is 7.15. The van der Waals surface area contributed by atoms with Crippen molar-refractivity contribution < 1.29 is 14.7 Å². The van der Waals surface area contributed by atoms with Gasteiger partial charge in [-0.05, 0) is 37.6 Å². The Bertz CT molecular complexity index is 754. The lowest BCUT2D eigenvalue weighted by molar-refractivity contribution is -0.141. The lowest BCUT2D eigenvalue weighted by Gasteiger charge is -2.14. The summed E-state index contributed by atoms with van der Waals surface area (Å²) in [7, 11) is 0. The van der Waals surface area contributed by atoms with E-state index < -0.39 is 11.9 Å². The van der Waals surface area contributed by atoms with Crippen LogP contribution in [0.4, 0.5) is 0 Å². The Morgan fingerprint density at radius 1 is 1.30 bits per heavy atom. The smallest absolute Gasteiger partial charge is 0.308 e. The van der Waals surface area contributed by atoms with E-state index in [0.717, 1.165) is 5.69 Å². The van der Waals surface area contributed by atoms with Gasteiger partial charge in [-0.25, -0.2) is 4.68 Å². The molecule has 0 radical (unpaired) electrons. The fourth-order valence-electron chi connectivity index (χ4n) is 2.71. The molecular weight excluding hydrogens is 318 g/mol. The van der Waals surface area contributed by atoms with Gasteiger partial charge in [0.05, 0.1) is 22.9 Å². The standard InChI is InChI=1S/C16H16ClN3O3/c1-10-14(15(21)19-7-6-11(8-19)16(22)23)9-20(18-10)13-4-2-12(17)3-5-13/h2-5,9,11H,6-8H2,1H3,(H,22,23). The Balaban J connectivity index is 1.82. The molecule has 0 aliphatic carbocycles. The lowest BCUT2D eigenvalue weighted by Crippen LogP contribution is -2.30. The van der Waals surface area contributed by atoms with Crippen LogP contribution in [0, 0.1) is 12.8 Å². The number of halogens is 1. The Hall–Kier alpha value is -2.34. The SMILES string of the molecule is Cc1nn(-c2ccc(Cl)cc2)cc1C(=O)N1CCC(C(=O)O)C1. The second-order valence-corrected chi connectivity index (χ2v) is 6.06. The van der Waals surface area contributed by atoms with Gasteiger partial charge in [0.1, 0.15) is 0 Å². The molecule has 2 heterocycles. The second-order valence-electron chi connectivity index (χ2n) is 5.62. The molecular formula is C16H16ClN3O3. The number of carbonyl (C=O) groups excluding carboxylic acids is 1. The van der Waals surface area contributed by atoms with Gasteiger partial charge < -0.3 is 10.0 Å². The Morgan fingerprint density at radius 2 is 2.00 bits per heavy atom. The molecule has 1 amide bonds. The summed E-state index contributed by atoms with van der Waals surface area (Å²) in [6.07, 6.45) is 2.17. The van der Waals surface area contributed by atoms with E-state index >= 15 is 0 Å². The number of carboxylic acid groups (broad SMARTS) is 1. The molecule has 1 aromatic carbocycles. The molecule has 1 aromatic heterocycles. The summed E-state index contributed by atoms with van der Waals surface area (Å²) in [5, 5.41) is 14.0. The zero-order valence-electron chi connectivity index (χ0n) is 12.6. The summed E-state index contributed by atoms with van der Waals surface area (Å²) in [5.74, 6) is -1.51. The highest BCUT2D eigenvalue weighted by atomic mass is 35.5. The number of rotatable bonds is 3. The number of amides is 1. The van der Waals surface area contributed by atoms with Crippen molar-refractivity contribution in [2.75, 3.05) is 13.1 Å². The van der Waals surface area contributed by atoms with Gasteiger partial charge in [0.15, 0.2) is 0 Å². The Kier molecular flexibility index (Phi) is 4.09. The van der Waals surface area contributed by atoms with E-state index in [2.05, 4.69) is 5.10 Å². The minimum Gasteiger partial charge on any atom is -0.481 e. The van der Waals surface area contributed by atoms with E-state index in [1.807, 2.05) is 12.1 Å². The summed E-state index contributed by atoms with van der Waals surface area (Å²) in [4.78, 5) is 25.2. The molecule has 1 aliphatic rings. The first kappa shape index (κ1) is 15.6. The third-order valence-corrected chi connectivity index (χ3v) is 4.30. The number of carboxylic acids is 1. The molecule has 0 spiro atoms. The predicted molar refractivity (Wildman–Crippen MR) is 85.0 cm³/mol. The summed E-state index contributed by atoms with van der Waals surface area (Å²) in [5.41, 5.74) is 1.91. The van der Waals surface area contributed by atoms with Gasteiger partial charge in [-0.15, -0.1) is 0 Å². The number of likely N-dealkylation sites (tertiary alicyclic amines) is 1. The second kappa shape index (κ2) is 6.04. The molecule has 2 aromatic rings. The van der Waals surface area contributed by atoms with Gasteiger partial charge in [0, 0.05) is 24.3 Å². The van der Waals surface area contributed by atoms with Crippen LogP contribution >= 0.6 is 11.6 Å². The van der Waals surface area contributed by atoms with Gasteiger partial charge in [0.25, 0.3) is 5.91 Å². The van der Waals surface area contributed by atoms with Crippen molar-refractivity contribution in [2.24, 2.45) is 5.92 Å². The minimum absolute atomic E-state index is 0.175. The van der Waals surface area contributed by atoms with Gasteiger partial charge in [-0.2, -0.15) is 5.10 Å². The van der Waals surface area contributed by atoms with E-state index in [-0.39, 0.29) is 12.5 Å². The number of aliphatic carboxylic acids is 1. The maximum atomic E-state index is 12.6. The highest BCUT2D eigenvalue weighted by molar-refractivity contribution is 6.30. The van der Waals surface area contributed by atoms with Gasteiger partial charge in [-0.3, -0.25) is 9.59 Å². The van der Waals surface area contributed by atoms with Crippen LogP contribution in [0.15, 0.2) is 30.5 Å². The van der Waals surface area contributed by atoms with Gasteiger partial charge in [-0.1, -0.05) is 11.6 Å². The van der Waals surface area contributed by atoms with E-state index in [9.17, 15) is 9.59 Å². The number of aromatic nitrogens is 2. The monoisotopic (exact) mass is 333 g/mol. The highest BCUT2D eigenvalue weighted by Gasteiger charge is 2.32. The van der Waals surface area contributed by atoms with Crippen LogP contribution in [0.25, 0.3) is 5.69 Å². The van der Waals surface area contributed by atoms with Crippen LogP contribution in [0.3, 0.4) is 0 Å². The first-order valence-corrected chi connectivity index (χ1v) is 7.68. The lowest BCUT2D eigenvalue weighted by atomic mass is 10.1. The van der Waals surface area contributed by atoms with Crippen LogP contribution in [0.1, 0.15) is 22.5 Å². The van der Waals surface area contributed by atoms with Crippen LogP contribution < -0.4 is 0 Å². The summed E-state index contributed by atoms with van der Waals surface area (Å²) >= 11 is 5.87. The van der Waals surface area contributed by atoms with Gasteiger partial charge in [0.2, 0.25) is 0 Å². The largest absolute Gasteiger partial charge is 0.481 e. The number of hydrogen-bond acceptors (Lipinski definition) is 3. The normalized spacial score (nSPS) is 17.5. The summed E-state index contributed by atoms with van der Waals surface area (Å²) < 4.78 is 1.63. The average Bonchev–Trinajstić information content (AvgIpc) is 3.14. The molecule has 1 fully saturated rings. The van der Waals surface area contributed by atoms with Crippen LogP contribution in [0.5, 0.6) is 0 Å². The number of benzene rings is 1. The number of nitrogens with zero attached hydrogens (tertiary/aromatic N) is 3. The first-order valence-electron chi connectivity index (χ1n) is 7.30. The number of aryl methyl sites for hydroxylation is 1. The van der Waals surface area contributed by atoms with E-state index in [1.165, 1.54) is 0 Å². The summed E-state index contributed by atoms with van der Waals surface area (Å²) in [6.45, 7) is 2.48. The molecule has 7 heteroatoms. The van der Waals surface area contributed by atoms with Crippen molar-refractivity contribution >= 4 is 23.5 Å². The van der Waals surface area contributed by atoms with Crippen molar-refractivity contribution in [3.63, 3.8) is 0 Å². The van der Waals surface area contributed by atoms with Crippen molar-refractivity contribution in [1.29, 1.82) is 0 Å². The maximum Gasteiger partial charge on any atom is 0.308 e. The number of hydrogen-bond donors (Lipinski definition) is 1. The average molecular weight is 334 g/mol. The van der Waals surface area contributed by atoms with Crippen molar-refractivity contribution in [3.8, 4) is 5.69 Å². The van der Waals surface area contributed by atoms with Crippen LogP contribution in [-0.4, -0.2) is 44.8 Å². The molecule has 1 aliphatic heterocycles. The van der Waals surface area contributed by atoms with Crippen molar-refractivity contribution in [3.05, 3.63) is 46.7 Å². The Labute approximate surface area is 138 Å². The van der Waals surface area contributed by atoms with E-state index in [0.29, 0.717) is 29.2 Å². The third kappa shape index (κ3) is 3.07. The molecule has 1 N–H and O–H groups in total. The topological polar surface area (TPSA) is 75.4 Å². The minimum atomic E-state index is -0.853. The molecule has 0 saturated carbocycles. The molecule has 1 saturated heterocycles. The number of carbonyl (C=O) groups is 2. The maximum absolute atomic E-state index is 12.6. The fourth-order valence-corrected chi connectivity index (χ4v) is 2.84. The first-order chi connectivity index (χ1) is 11.0. The third-order valence-electron chi connectivity index (χ3n) is 4.05. The van der Waals surface area contributed by atoms with E-state index in [1.54, 1.807) is 34.8 Å². The zero-order valence-corrected chi connectivity index (χ0v) is 13.3. The molecule has 6 nitrogen and oxygen atoms in total. The van der Waals surface area contributed by atoms with Crippen molar-refractivity contribution in [2.45, 2.75) is 13.3 Å². The van der Waals surface area contributed by atoms with E-state index in [4.69, 9.17) is 16.7 Å². The van der Waals surface area contributed by atoms with Crippen molar-refractivity contribution in [1.82, 2.24) is 14.7 Å². The molecule has 3 rings (SSSR count). The fraction of sp³-hybridized carbons (Fsp3) is 0.312. The molecule has 1 unspecified atom stereocenters. The van der Waals surface area contributed by atoms with Crippen LogP contribution in [0.2, 0.25) is 5.02 Å². The Morgan fingerprint density at radius 3 is 2.61 bits per heavy atom. The van der Waals surface area contributed by atoms with Gasteiger partial charge >= 0.3 is 5.97 Å². The predicted octanol–water partition coefficient (Wildman–Crippen LogP) is 2.38. The molecule has 23 heavy (non-hydrogen) atoms. The molecule has 120 valence electrons. The molecule has 0 bridgehead atoms. The quantitative estimate of drug-likeness (QED) is 0.935. The zero-order chi connectivity index (χ0) is 16.6. The highest BCUT2D eigenvalue weighted by Crippen LogP contribution is 2.21. The molecule has 1 atom stereocenters. The van der Waals surface area contributed by atoms with Crippen LogP contribution in [-0.2, 0) is 4.79 Å².